The number of benzene rings is 1. The van der Waals surface area contributed by atoms with E-state index in [1.54, 1.807) is 24.3 Å². The van der Waals surface area contributed by atoms with Crippen LogP contribution in [0.2, 0.25) is 5.02 Å². The van der Waals surface area contributed by atoms with Gasteiger partial charge in [0.2, 0.25) is 5.89 Å². The zero-order valence-electron chi connectivity index (χ0n) is 14.9. The first-order valence-corrected chi connectivity index (χ1v) is 8.57. The van der Waals surface area contributed by atoms with Crippen molar-refractivity contribution in [3.8, 4) is 0 Å². The number of hydrogen-bond donors (Lipinski definition) is 1. The molecule has 0 bridgehead atoms. The first kappa shape index (κ1) is 20.8. The fourth-order valence-electron chi connectivity index (χ4n) is 2.64. The van der Waals surface area contributed by atoms with E-state index < -0.39 is 35.8 Å². The Labute approximate surface area is 165 Å². The molecule has 3 rings (SSSR count). The van der Waals surface area contributed by atoms with E-state index in [1.165, 1.54) is 0 Å². The second kappa shape index (κ2) is 7.84. The standard InChI is InChI=1S/C17H14ClF3N4O4/c1-24-12(17(19,20)21)7-15(27)25(16(24)28)8-14-22-13(23-29-14)6-11(26)9-2-4-10(18)5-3-9/h2-5,7,11,26H,6,8H2,1H3/t11-/m0/s1. The maximum atomic E-state index is 12.9. The number of rotatable bonds is 5. The van der Waals surface area contributed by atoms with Gasteiger partial charge in [0, 0.05) is 24.6 Å². The Kier molecular flexibility index (Phi) is 5.62. The Hall–Kier alpha value is -2.92. The molecule has 0 aliphatic heterocycles. The molecule has 3 aromatic rings. The maximum absolute atomic E-state index is 12.9. The van der Waals surface area contributed by atoms with Crippen LogP contribution in [0.25, 0.3) is 0 Å². The topological polar surface area (TPSA) is 103 Å². The van der Waals surface area contributed by atoms with Crippen LogP contribution >= 0.6 is 11.6 Å². The highest BCUT2D eigenvalue weighted by atomic mass is 35.5. The summed E-state index contributed by atoms with van der Waals surface area (Å²) in [4.78, 5) is 28.1. The highest BCUT2D eigenvalue weighted by Crippen LogP contribution is 2.26. The molecule has 1 aromatic carbocycles. The van der Waals surface area contributed by atoms with Crippen molar-refractivity contribution >= 4 is 11.6 Å². The Balaban J connectivity index is 1.80. The number of alkyl halides is 3. The number of hydrogen-bond acceptors (Lipinski definition) is 6. The van der Waals surface area contributed by atoms with Gasteiger partial charge in [0.25, 0.3) is 5.56 Å². The van der Waals surface area contributed by atoms with Crippen molar-refractivity contribution in [1.82, 2.24) is 19.3 Å². The molecular formula is C17H14ClF3N4O4. The molecule has 0 saturated heterocycles. The van der Waals surface area contributed by atoms with Crippen molar-refractivity contribution in [2.45, 2.75) is 25.2 Å². The summed E-state index contributed by atoms with van der Waals surface area (Å²) in [5.41, 5.74) is -3.12. The zero-order chi connectivity index (χ0) is 21.3. The van der Waals surface area contributed by atoms with E-state index in [9.17, 15) is 27.9 Å². The fraction of sp³-hybridized carbons (Fsp3) is 0.294. The Morgan fingerprint density at radius 1 is 1.24 bits per heavy atom. The lowest BCUT2D eigenvalue weighted by Gasteiger charge is -2.12. The summed E-state index contributed by atoms with van der Waals surface area (Å²) in [6.45, 7) is -0.506. The molecule has 154 valence electrons. The van der Waals surface area contributed by atoms with Crippen LogP contribution in [0.1, 0.15) is 29.1 Å². The SMILES string of the molecule is Cn1c(C(F)(F)F)cc(=O)n(Cc2nc(C[C@H](O)c3ccc(Cl)cc3)no2)c1=O. The van der Waals surface area contributed by atoms with Gasteiger partial charge < -0.3 is 9.63 Å². The summed E-state index contributed by atoms with van der Waals surface area (Å²) in [6.07, 6.45) is -5.83. The summed E-state index contributed by atoms with van der Waals surface area (Å²) in [5.74, 6) is -0.0681. The number of halogens is 4. The van der Waals surface area contributed by atoms with Crippen LogP contribution in [0.15, 0.2) is 44.4 Å². The average Bonchev–Trinajstić information content (AvgIpc) is 3.08. The van der Waals surface area contributed by atoms with Gasteiger partial charge in [0.1, 0.15) is 12.2 Å². The van der Waals surface area contributed by atoms with Gasteiger partial charge in [0.15, 0.2) is 5.82 Å². The normalized spacial score (nSPS) is 12.9. The minimum absolute atomic E-state index is 0.0228. The number of aliphatic hydroxyl groups is 1. The summed E-state index contributed by atoms with van der Waals surface area (Å²) in [7, 11) is 0.906. The smallest absolute Gasteiger partial charge is 0.388 e. The molecule has 0 spiro atoms. The van der Waals surface area contributed by atoms with Gasteiger partial charge in [-0.05, 0) is 17.7 Å². The van der Waals surface area contributed by atoms with Crippen molar-refractivity contribution in [2.24, 2.45) is 7.05 Å². The molecule has 1 atom stereocenters. The predicted octanol–water partition coefficient (Wildman–Crippen LogP) is 1.93. The van der Waals surface area contributed by atoms with Gasteiger partial charge in [-0.2, -0.15) is 18.2 Å². The van der Waals surface area contributed by atoms with Gasteiger partial charge in [0.05, 0.1) is 6.10 Å². The second-order valence-electron chi connectivity index (χ2n) is 6.17. The van der Waals surface area contributed by atoms with Crippen molar-refractivity contribution in [1.29, 1.82) is 0 Å². The zero-order valence-corrected chi connectivity index (χ0v) is 15.6. The van der Waals surface area contributed by atoms with E-state index in [-0.39, 0.29) is 18.1 Å². The van der Waals surface area contributed by atoms with E-state index in [0.717, 1.165) is 7.05 Å². The molecule has 2 aromatic heterocycles. The largest absolute Gasteiger partial charge is 0.431 e. The van der Waals surface area contributed by atoms with E-state index in [0.29, 0.717) is 25.8 Å². The van der Waals surface area contributed by atoms with E-state index in [4.69, 9.17) is 16.1 Å². The highest BCUT2D eigenvalue weighted by molar-refractivity contribution is 6.30. The second-order valence-corrected chi connectivity index (χ2v) is 6.61. The van der Waals surface area contributed by atoms with Crippen molar-refractivity contribution < 1.29 is 22.8 Å². The first-order chi connectivity index (χ1) is 13.6. The Morgan fingerprint density at radius 2 is 1.90 bits per heavy atom. The van der Waals surface area contributed by atoms with E-state index >= 15 is 0 Å². The molecule has 0 aliphatic carbocycles. The number of aromatic nitrogens is 4. The van der Waals surface area contributed by atoms with Gasteiger partial charge in [-0.25, -0.2) is 4.79 Å². The molecule has 0 unspecified atom stereocenters. The van der Waals surface area contributed by atoms with Crippen LogP contribution < -0.4 is 11.2 Å². The number of nitrogens with zero attached hydrogens (tertiary/aromatic N) is 4. The Bertz CT molecular complexity index is 1140. The minimum atomic E-state index is -4.85. The van der Waals surface area contributed by atoms with Gasteiger partial charge in [-0.3, -0.25) is 13.9 Å². The minimum Gasteiger partial charge on any atom is -0.388 e. The third kappa shape index (κ3) is 4.57. The molecule has 8 nitrogen and oxygen atoms in total. The lowest BCUT2D eigenvalue weighted by Crippen LogP contribution is -2.41. The van der Waals surface area contributed by atoms with Gasteiger partial charge in [-0.15, -0.1) is 0 Å². The van der Waals surface area contributed by atoms with Crippen LogP contribution in [0, 0.1) is 0 Å². The third-order valence-electron chi connectivity index (χ3n) is 4.13. The third-order valence-corrected chi connectivity index (χ3v) is 4.38. The van der Waals surface area contributed by atoms with E-state index in [1.807, 2.05) is 0 Å². The van der Waals surface area contributed by atoms with Crippen molar-refractivity contribution in [2.75, 3.05) is 0 Å². The molecule has 0 fully saturated rings. The predicted molar refractivity (Wildman–Crippen MR) is 94.5 cm³/mol. The van der Waals surface area contributed by atoms with Gasteiger partial charge in [-0.1, -0.05) is 28.9 Å². The molecular weight excluding hydrogens is 417 g/mol. The lowest BCUT2D eigenvalue weighted by molar-refractivity contribution is -0.144. The Morgan fingerprint density at radius 3 is 2.52 bits per heavy atom. The quantitative estimate of drug-likeness (QED) is 0.663. The number of aliphatic hydroxyl groups excluding tert-OH is 1. The molecule has 0 saturated carbocycles. The van der Waals surface area contributed by atoms with Crippen LogP contribution in [0.4, 0.5) is 13.2 Å². The van der Waals surface area contributed by atoms with Crippen molar-refractivity contribution in [3.05, 3.63) is 79.2 Å². The van der Waals surface area contributed by atoms with Gasteiger partial charge >= 0.3 is 11.9 Å². The monoisotopic (exact) mass is 430 g/mol. The van der Waals surface area contributed by atoms with Crippen LogP contribution in [0.3, 0.4) is 0 Å². The van der Waals surface area contributed by atoms with E-state index in [2.05, 4.69) is 10.1 Å². The summed E-state index contributed by atoms with van der Waals surface area (Å²) < 4.78 is 44.4. The van der Waals surface area contributed by atoms with Crippen LogP contribution in [-0.4, -0.2) is 24.4 Å². The average molecular weight is 431 g/mol. The highest BCUT2D eigenvalue weighted by Gasteiger charge is 2.35. The van der Waals surface area contributed by atoms with Crippen molar-refractivity contribution in [3.63, 3.8) is 0 Å². The molecule has 29 heavy (non-hydrogen) atoms. The lowest BCUT2D eigenvalue weighted by atomic mass is 10.1. The molecule has 0 radical (unpaired) electrons. The van der Waals surface area contributed by atoms with Crippen LogP contribution in [-0.2, 0) is 26.2 Å². The molecule has 0 amide bonds. The first-order valence-electron chi connectivity index (χ1n) is 8.19. The molecule has 1 N–H and O–H groups in total. The summed E-state index contributed by atoms with van der Waals surface area (Å²) in [5, 5.41) is 14.4. The molecule has 0 aliphatic rings. The molecule has 12 heteroatoms. The summed E-state index contributed by atoms with van der Waals surface area (Å²) in [6, 6.07) is 6.78. The summed E-state index contributed by atoms with van der Waals surface area (Å²) >= 11 is 5.79. The fourth-order valence-corrected chi connectivity index (χ4v) is 2.76. The molecule has 2 heterocycles. The maximum Gasteiger partial charge on any atom is 0.431 e. The van der Waals surface area contributed by atoms with Crippen LogP contribution in [0.5, 0.6) is 0 Å².